The maximum atomic E-state index is 12.5. The molecule has 1 amide bonds. The second-order valence-electron chi connectivity index (χ2n) is 5.98. The van der Waals surface area contributed by atoms with E-state index in [4.69, 9.17) is 5.14 Å². The monoisotopic (exact) mass is 400 g/mol. The molecule has 0 unspecified atom stereocenters. The number of halogens is 3. The van der Waals surface area contributed by atoms with E-state index in [1.54, 1.807) is 12.1 Å². The molecule has 27 heavy (non-hydrogen) atoms. The highest BCUT2D eigenvalue weighted by molar-refractivity contribution is 7.89. The molecule has 0 saturated carbocycles. The largest absolute Gasteiger partial charge is 0.416 e. The van der Waals surface area contributed by atoms with Crippen LogP contribution in [0.25, 0.3) is 0 Å². The van der Waals surface area contributed by atoms with Gasteiger partial charge < -0.3 is 5.32 Å². The molecule has 0 aromatic heterocycles. The zero-order valence-corrected chi connectivity index (χ0v) is 15.1. The van der Waals surface area contributed by atoms with Gasteiger partial charge in [-0.3, -0.25) is 4.79 Å². The van der Waals surface area contributed by atoms with Crippen LogP contribution in [-0.4, -0.2) is 20.9 Å². The van der Waals surface area contributed by atoms with Crippen molar-refractivity contribution in [3.8, 4) is 0 Å². The molecule has 0 aliphatic rings. The molecule has 0 radical (unpaired) electrons. The number of hydrogen-bond acceptors (Lipinski definition) is 3. The number of hydrogen-bond donors (Lipinski definition) is 2. The number of nitrogens with two attached hydrogens (primary N) is 1. The molecule has 146 valence electrons. The van der Waals surface area contributed by atoms with Crippen LogP contribution in [0.5, 0.6) is 0 Å². The third-order valence-electron chi connectivity index (χ3n) is 3.91. The first kappa shape index (κ1) is 20.9. The smallest absolute Gasteiger partial charge is 0.356 e. The Morgan fingerprint density at radius 3 is 1.96 bits per heavy atom. The highest BCUT2D eigenvalue weighted by Crippen LogP contribution is 2.29. The SMILES string of the molecule is NS(=O)(=O)c1ccc(CCC(=O)NCCc2ccc(C(F)(F)F)cc2)cc1. The first-order chi connectivity index (χ1) is 12.6. The lowest BCUT2D eigenvalue weighted by atomic mass is 10.1. The van der Waals surface area contributed by atoms with Crippen molar-refractivity contribution >= 4 is 15.9 Å². The molecule has 3 N–H and O–H groups in total. The highest BCUT2D eigenvalue weighted by atomic mass is 32.2. The molecule has 0 aliphatic carbocycles. The molecule has 9 heteroatoms. The van der Waals surface area contributed by atoms with Crippen molar-refractivity contribution in [3.63, 3.8) is 0 Å². The summed E-state index contributed by atoms with van der Waals surface area (Å²) in [5.41, 5.74) is 0.783. The summed E-state index contributed by atoms with van der Waals surface area (Å²) in [6, 6.07) is 10.8. The first-order valence-corrected chi connectivity index (χ1v) is 9.65. The number of benzene rings is 2. The summed E-state index contributed by atoms with van der Waals surface area (Å²) in [4.78, 5) is 11.8. The summed E-state index contributed by atoms with van der Waals surface area (Å²) in [6.45, 7) is 0.314. The van der Waals surface area contributed by atoms with E-state index in [2.05, 4.69) is 5.32 Å². The van der Waals surface area contributed by atoms with E-state index in [1.807, 2.05) is 0 Å². The van der Waals surface area contributed by atoms with Crippen LogP contribution >= 0.6 is 0 Å². The Morgan fingerprint density at radius 1 is 0.926 bits per heavy atom. The molecule has 0 heterocycles. The van der Waals surface area contributed by atoms with Gasteiger partial charge in [0.1, 0.15) is 0 Å². The van der Waals surface area contributed by atoms with E-state index in [9.17, 15) is 26.4 Å². The number of primary sulfonamides is 1. The van der Waals surface area contributed by atoms with Gasteiger partial charge in [-0.25, -0.2) is 13.6 Å². The van der Waals surface area contributed by atoms with Crippen molar-refractivity contribution in [2.45, 2.75) is 30.3 Å². The summed E-state index contributed by atoms with van der Waals surface area (Å²) in [5.74, 6) is -0.197. The van der Waals surface area contributed by atoms with Gasteiger partial charge in [0, 0.05) is 13.0 Å². The van der Waals surface area contributed by atoms with E-state index in [0.29, 0.717) is 24.9 Å². The van der Waals surface area contributed by atoms with Crippen molar-refractivity contribution in [1.82, 2.24) is 5.32 Å². The minimum absolute atomic E-state index is 0.00671. The molecule has 0 spiro atoms. The average Bonchev–Trinajstić information content (AvgIpc) is 2.59. The number of aryl methyl sites for hydroxylation is 1. The van der Waals surface area contributed by atoms with E-state index >= 15 is 0 Å². The highest BCUT2D eigenvalue weighted by Gasteiger charge is 2.29. The Balaban J connectivity index is 1.75. The number of rotatable bonds is 7. The van der Waals surface area contributed by atoms with E-state index < -0.39 is 21.8 Å². The van der Waals surface area contributed by atoms with Crippen molar-refractivity contribution in [1.29, 1.82) is 0 Å². The van der Waals surface area contributed by atoms with Gasteiger partial charge in [0.05, 0.1) is 10.5 Å². The zero-order valence-electron chi connectivity index (χ0n) is 14.3. The van der Waals surface area contributed by atoms with Crippen molar-refractivity contribution in [2.24, 2.45) is 5.14 Å². The van der Waals surface area contributed by atoms with Crippen LogP contribution in [0.4, 0.5) is 13.2 Å². The van der Waals surface area contributed by atoms with Gasteiger partial charge in [-0.2, -0.15) is 13.2 Å². The topological polar surface area (TPSA) is 89.3 Å². The molecule has 0 fully saturated rings. The minimum Gasteiger partial charge on any atom is -0.356 e. The lowest BCUT2D eigenvalue weighted by Crippen LogP contribution is -2.25. The molecular weight excluding hydrogens is 381 g/mol. The molecule has 0 atom stereocenters. The predicted octanol–water partition coefficient (Wildman–Crippen LogP) is 2.64. The van der Waals surface area contributed by atoms with Crippen LogP contribution in [0.2, 0.25) is 0 Å². The van der Waals surface area contributed by atoms with Crippen LogP contribution < -0.4 is 10.5 Å². The lowest BCUT2D eigenvalue weighted by molar-refractivity contribution is -0.137. The lowest BCUT2D eigenvalue weighted by Gasteiger charge is -2.08. The Morgan fingerprint density at radius 2 is 1.44 bits per heavy atom. The normalized spacial score (nSPS) is 12.0. The van der Waals surface area contributed by atoms with Crippen molar-refractivity contribution < 1.29 is 26.4 Å². The van der Waals surface area contributed by atoms with Gasteiger partial charge in [0.15, 0.2) is 0 Å². The van der Waals surface area contributed by atoms with Crippen molar-refractivity contribution in [3.05, 3.63) is 65.2 Å². The third kappa shape index (κ3) is 6.69. The van der Waals surface area contributed by atoms with Crippen molar-refractivity contribution in [2.75, 3.05) is 6.54 Å². The maximum Gasteiger partial charge on any atom is 0.416 e. The average molecular weight is 400 g/mol. The quantitative estimate of drug-likeness (QED) is 0.749. The molecule has 2 aromatic rings. The first-order valence-electron chi connectivity index (χ1n) is 8.10. The molecule has 2 aromatic carbocycles. The Bertz CT molecular complexity index is 878. The molecular formula is C18H19F3N2O3S. The van der Waals surface area contributed by atoms with Gasteiger partial charge in [-0.05, 0) is 48.2 Å². The summed E-state index contributed by atoms with van der Waals surface area (Å²) >= 11 is 0. The Labute approximate surface area is 155 Å². The second-order valence-corrected chi connectivity index (χ2v) is 7.55. The summed E-state index contributed by atoms with van der Waals surface area (Å²) in [7, 11) is -3.74. The number of alkyl halides is 3. The number of nitrogens with one attached hydrogen (secondary N) is 1. The summed E-state index contributed by atoms with van der Waals surface area (Å²) in [5, 5.41) is 7.72. The maximum absolute atomic E-state index is 12.5. The minimum atomic E-state index is -4.36. The summed E-state index contributed by atoms with van der Waals surface area (Å²) in [6.07, 6.45) is -3.30. The van der Waals surface area contributed by atoms with Crippen LogP contribution in [0, 0.1) is 0 Å². The van der Waals surface area contributed by atoms with Crippen LogP contribution in [-0.2, 0) is 33.8 Å². The predicted molar refractivity (Wildman–Crippen MR) is 94.3 cm³/mol. The van der Waals surface area contributed by atoms with Crippen LogP contribution in [0.3, 0.4) is 0 Å². The zero-order chi connectivity index (χ0) is 20.1. The van der Waals surface area contributed by atoms with Crippen LogP contribution in [0.1, 0.15) is 23.1 Å². The van der Waals surface area contributed by atoms with Gasteiger partial charge in [0.25, 0.3) is 0 Å². The van der Waals surface area contributed by atoms with E-state index in [0.717, 1.165) is 17.7 Å². The molecule has 5 nitrogen and oxygen atoms in total. The van der Waals surface area contributed by atoms with Crippen LogP contribution in [0.15, 0.2) is 53.4 Å². The molecule has 0 saturated heterocycles. The fourth-order valence-electron chi connectivity index (χ4n) is 2.40. The fourth-order valence-corrected chi connectivity index (χ4v) is 2.91. The number of sulfonamides is 1. The molecule has 0 aliphatic heterocycles. The van der Waals surface area contributed by atoms with Gasteiger partial charge >= 0.3 is 6.18 Å². The number of carbonyl (C=O) groups is 1. The van der Waals surface area contributed by atoms with E-state index in [-0.39, 0.29) is 17.2 Å². The number of carbonyl (C=O) groups excluding carboxylic acids is 1. The number of amides is 1. The third-order valence-corrected chi connectivity index (χ3v) is 4.84. The molecule has 0 bridgehead atoms. The van der Waals surface area contributed by atoms with E-state index in [1.165, 1.54) is 24.3 Å². The van der Waals surface area contributed by atoms with Gasteiger partial charge in [-0.1, -0.05) is 24.3 Å². The Hall–Kier alpha value is -2.39. The molecule has 2 rings (SSSR count). The fraction of sp³-hybridized carbons (Fsp3) is 0.278. The Kier molecular flexibility index (Phi) is 6.61. The van der Waals surface area contributed by atoms with Gasteiger partial charge in [-0.15, -0.1) is 0 Å². The second kappa shape index (κ2) is 8.53. The van der Waals surface area contributed by atoms with Gasteiger partial charge in [0.2, 0.25) is 15.9 Å². The summed E-state index contributed by atoms with van der Waals surface area (Å²) < 4.78 is 59.8. The standard InChI is InChI=1S/C18H19F3N2O3S/c19-18(20,21)15-6-1-14(2-7-15)11-12-23-17(24)10-5-13-3-8-16(9-4-13)27(22,25)26/h1-4,6-9H,5,10-12H2,(H,23,24)(H2,22,25,26).